The number of rotatable bonds is 13. The Labute approximate surface area is 391 Å². The van der Waals surface area contributed by atoms with Crippen molar-refractivity contribution in [3.8, 4) is 17.2 Å². The van der Waals surface area contributed by atoms with E-state index in [9.17, 15) is 23.3 Å². The smallest absolute Gasteiger partial charge is 0.277 e. The van der Waals surface area contributed by atoms with E-state index in [0.717, 1.165) is 107 Å². The molecule has 9 rings (SSSR count). The molecular formula is C50H58ClN7O7S. The molecule has 2 aromatic heterocycles. The van der Waals surface area contributed by atoms with Gasteiger partial charge in [-0.25, -0.2) is 18.1 Å². The second-order valence-electron chi connectivity index (χ2n) is 19.4. The number of hydrogen-bond donors (Lipinski definition) is 2. The molecule has 2 fully saturated rings. The molecule has 0 bridgehead atoms. The third-order valence-electron chi connectivity index (χ3n) is 13.8. The zero-order valence-corrected chi connectivity index (χ0v) is 39.4. The number of pyridine rings is 1. The van der Waals surface area contributed by atoms with Gasteiger partial charge in [0.25, 0.3) is 21.6 Å². The number of nitro groups is 1. The Morgan fingerprint density at radius 3 is 2.62 bits per heavy atom. The molecule has 1 aliphatic carbocycles. The number of H-pyrrole nitrogens is 1. The fourth-order valence-corrected chi connectivity index (χ4v) is 11.2. The number of amides is 1. The van der Waals surface area contributed by atoms with Crippen LogP contribution in [-0.2, 0) is 16.4 Å². The van der Waals surface area contributed by atoms with Crippen molar-refractivity contribution in [3.63, 3.8) is 0 Å². The van der Waals surface area contributed by atoms with Crippen molar-refractivity contribution in [1.82, 2.24) is 24.5 Å². The number of fused-ring (bicyclic) bond motifs is 2. The Hall–Kier alpha value is -5.48. The molecule has 5 aromatic rings. The van der Waals surface area contributed by atoms with E-state index in [1.54, 1.807) is 30.5 Å². The highest BCUT2D eigenvalue weighted by molar-refractivity contribution is 7.90. The predicted octanol–water partition coefficient (Wildman–Crippen LogP) is 9.49. The summed E-state index contributed by atoms with van der Waals surface area (Å²) in [7, 11) is -4.62. The van der Waals surface area contributed by atoms with Crippen LogP contribution < -0.4 is 19.1 Å². The van der Waals surface area contributed by atoms with Gasteiger partial charge in [-0.2, -0.15) is 0 Å². The first-order chi connectivity index (χ1) is 31.7. The average Bonchev–Trinajstić information content (AvgIpc) is 3.77. The van der Waals surface area contributed by atoms with Crippen LogP contribution in [-0.4, -0.2) is 98.0 Å². The summed E-state index contributed by atoms with van der Waals surface area (Å²) in [6.45, 7) is 14.2. The van der Waals surface area contributed by atoms with Gasteiger partial charge in [0, 0.05) is 79.8 Å². The quantitative estimate of drug-likeness (QED) is 0.0854. The van der Waals surface area contributed by atoms with Gasteiger partial charge in [-0.15, -0.1) is 0 Å². The summed E-state index contributed by atoms with van der Waals surface area (Å²) in [5, 5.41) is 13.9. The second-order valence-corrected chi connectivity index (χ2v) is 21.5. The van der Waals surface area contributed by atoms with Crippen LogP contribution in [0.25, 0.3) is 16.6 Å². The minimum atomic E-state index is -4.62. The summed E-state index contributed by atoms with van der Waals surface area (Å²) in [5.41, 5.74) is 5.80. The minimum absolute atomic E-state index is 0.0355. The van der Waals surface area contributed by atoms with Crippen molar-refractivity contribution in [2.24, 2.45) is 17.3 Å². The number of benzene rings is 3. The zero-order valence-electron chi connectivity index (χ0n) is 37.9. The van der Waals surface area contributed by atoms with Gasteiger partial charge in [-0.1, -0.05) is 50.1 Å². The van der Waals surface area contributed by atoms with Gasteiger partial charge in [-0.05, 0) is 123 Å². The van der Waals surface area contributed by atoms with Crippen molar-refractivity contribution < 1.29 is 27.6 Å². The van der Waals surface area contributed by atoms with Crippen LogP contribution in [0.3, 0.4) is 0 Å². The molecule has 0 spiro atoms. The predicted molar refractivity (Wildman–Crippen MR) is 257 cm³/mol. The molecule has 0 saturated carbocycles. The number of aromatic amines is 1. The molecule has 348 valence electrons. The molecule has 0 radical (unpaired) electrons. The summed E-state index contributed by atoms with van der Waals surface area (Å²) >= 11 is 6.26. The van der Waals surface area contributed by atoms with Crippen molar-refractivity contribution >= 4 is 55.5 Å². The Kier molecular flexibility index (Phi) is 13.2. The molecule has 16 heteroatoms. The number of ether oxygens (including phenoxy) is 2. The lowest BCUT2D eigenvalue weighted by Gasteiger charge is -2.39. The molecular weight excluding hydrogens is 878 g/mol. The third kappa shape index (κ3) is 10.4. The first-order valence-electron chi connectivity index (χ1n) is 23.1. The van der Waals surface area contributed by atoms with E-state index in [-0.39, 0.29) is 34.1 Å². The zero-order chi connectivity index (χ0) is 46.2. The lowest BCUT2D eigenvalue weighted by Crippen LogP contribution is -2.47. The standard InChI is InChI=1S/C50H58ClN7O7S/c1-33-5-4-17-55(30-33)18-14-34-23-43-45(58(60)61)26-41(27-46(43)64-32-34)66(62,63)54-49(59)42-11-10-39(25-47(42)65-40-24-36-13-16-52-48(36)53-29-40)57-21-19-56(20-22-57)31-37-12-15-50(2,3)28-44(37)35-6-8-38(51)9-7-35/h6-11,13,16,24-27,29,33-34H,4-5,12,14-15,17-23,28,30-32H2,1-3H3,(H,52,53)(H,54,59)/t33-,34-/m1/s1. The van der Waals surface area contributed by atoms with E-state index < -0.39 is 25.7 Å². The van der Waals surface area contributed by atoms with Crippen LogP contribution in [0, 0.1) is 27.4 Å². The fraction of sp³-hybridized carbons (Fsp3) is 0.440. The highest BCUT2D eigenvalue weighted by Gasteiger charge is 2.34. The van der Waals surface area contributed by atoms with Gasteiger partial charge in [0.1, 0.15) is 22.9 Å². The number of halogens is 1. The first kappa shape index (κ1) is 45.7. The Morgan fingerprint density at radius 2 is 1.85 bits per heavy atom. The lowest BCUT2D eigenvalue weighted by molar-refractivity contribution is -0.386. The maximum absolute atomic E-state index is 14.1. The van der Waals surface area contributed by atoms with Crippen LogP contribution in [0.5, 0.6) is 17.2 Å². The van der Waals surface area contributed by atoms with E-state index in [0.29, 0.717) is 35.9 Å². The normalized spacial score (nSPS) is 20.5. The molecule has 2 N–H and O–H groups in total. The topological polar surface area (TPSA) is 163 Å². The molecule has 3 aromatic carbocycles. The van der Waals surface area contributed by atoms with Gasteiger partial charge in [-0.3, -0.25) is 19.8 Å². The number of carbonyl (C=O) groups is 1. The van der Waals surface area contributed by atoms with Gasteiger partial charge < -0.3 is 24.3 Å². The van der Waals surface area contributed by atoms with Crippen LogP contribution in [0.15, 0.2) is 89.6 Å². The van der Waals surface area contributed by atoms with Crippen molar-refractivity contribution in [2.45, 2.75) is 70.6 Å². The van der Waals surface area contributed by atoms with E-state index in [1.165, 1.54) is 35.4 Å². The van der Waals surface area contributed by atoms with E-state index in [2.05, 4.69) is 62.3 Å². The number of piperidine rings is 1. The Bertz CT molecular complexity index is 2770. The van der Waals surface area contributed by atoms with Crippen LogP contribution in [0.1, 0.15) is 80.8 Å². The van der Waals surface area contributed by atoms with Crippen LogP contribution >= 0.6 is 11.6 Å². The van der Waals surface area contributed by atoms with Crippen LogP contribution in [0.2, 0.25) is 5.02 Å². The molecule has 3 aliphatic heterocycles. The van der Waals surface area contributed by atoms with Gasteiger partial charge in [0.15, 0.2) is 0 Å². The maximum atomic E-state index is 14.1. The molecule has 2 atom stereocenters. The Morgan fingerprint density at radius 1 is 1.05 bits per heavy atom. The summed E-state index contributed by atoms with van der Waals surface area (Å²) in [5.74, 6) is 0.369. The van der Waals surface area contributed by atoms with E-state index >= 15 is 0 Å². The number of nitrogens with zero attached hydrogens (tertiary/aromatic N) is 5. The SMILES string of the molecule is C[C@@H]1CCCN(CC[C@H]2COc3cc(S(=O)(=O)NC(=O)c4ccc(N5CCN(CC6=C(c7ccc(Cl)cc7)CC(C)(C)CC6)CC5)cc4Oc4cnc5[nH]ccc5c4)cc([N+](=O)[O-])c3C2)C1. The number of piperazine rings is 1. The van der Waals surface area contributed by atoms with Gasteiger partial charge in [0.05, 0.1) is 33.7 Å². The molecule has 66 heavy (non-hydrogen) atoms. The number of hydrogen-bond acceptors (Lipinski definition) is 11. The minimum Gasteiger partial charge on any atom is -0.493 e. The third-order valence-corrected chi connectivity index (χ3v) is 15.4. The molecule has 4 aliphatic rings. The molecule has 1 amide bonds. The first-order valence-corrected chi connectivity index (χ1v) is 25.0. The molecule has 14 nitrogen and oxygen atoms in total. The van der Waals surface area contributed by atoms with Crippen molar-refractivity contribution in [3.05, 3.63) is 117 Å². The molecule has 0 unspecified atom stereocenters. The van der Waals surface area contributed by atoms with Gasteiger partial charge >= 0.3 is 0 Å². The largest absolute Gasteiger partial charge is 0.493 e. The second kappa shape index (κ2) is 19.0. The number of nitrogens with one attached hydrogen (secondary N) is 2. The van der Waals surface area contributed by atoms with Crippen molar-refractivity contribution in [2.75, 3.05) is 63.9 Å². The maximum Gasteiger partial charge on any atom is 0.277 e. The number of aromatic nitrogens is 2. The fourth-order valence-electron chi connectivity index (χ4n) is 10.1. The van der Waals surface area contributed by atoms with E-state index in [4.69, 9.17) is 21.1 Å². The summed E-state index contributed by atoms with van der Waals surface area (Å²) in [6.07, 6.45) is 10.1. The number of allylic oxidation sites excluding steroid dienone is 1. The van der Waals surface area contributed by atoms with Gasteiger partial charge in [0.2, 0.25) is 0 Å². The number of anilines is 1. The highest BCUT2D eigenvalue weighted by Crippen LogP contribution is 2.44. The number of carbonyl (C=O) groups excluding carboxylic acids is 1. The average molecular weight is 937 g/mol. The summed E-state index contributed by atoms with van der Waals surface area (Å²) in [4.78, 5) is 40.2. The number of nitro benzene ring substituents is 1. The van der Waals surface area contributed by atoms with E-state index in [1.807, 2.05) is 18.2 Å². The summed E-state index contributed by atoms with van der Waals surface area (Å²) < 4.78 is 42.5. The van der Waals surface area contributed by atoms with Crippen LogP contribution in [0.4, 0.5) is 11.4 Å². The Balaban J connectivity index is 0.924. The number of sulfonamides is 1. The number of likely N-dealkylation sites (tertiary alicyclic amines) is 1. The monoisotopic (exact) mass is 935 g/mol. The van der Waals surface area contributed by atoms with Crippen molar-refractivity contribution in [1.29, 1.82) is 0 Å². The lowest BCUT2D eigenvalue weighted by atomic mass is 9.72. The summed E-state index contributed by atoms with van der Waals surface area (Å²) in [6, 6.07) is 19.2. The molecule has 2 saturated heterocycles. The highest BCUT2D eigenvalue weighted by atomic mass is 35.5. The molecule has 5 heterocycles.